The van der Waals surface area contributed by atoms with Crippen LogP contribution in [0.2, 0.25) is 0 Å². The summed E-state index contributed by atoms with van der Waals surface area (Å²) in [5.41, 5.74) is 0. The zero-order valence-corrected chi connectivity index (χ0v) is 18.0. The van der Waals surface area contributed by atoms with Crippen molar-refractivity contribution in [3.05, 3.63) is 12.0 Å². The molecule has 2 fully saturated rings. The second-order valence-corrected chi connectivity index (χ2v) is 8.20. The molecule has 3 heterocycles. The van der Waals surface area contributed by atoms with Crippen molar-refractivity contribution in [3.63, 3.8) is 0 Å². The fraction of sp³-hybridized carbons (Fsp3) is 0.895. The van der Waals surface area contributed by atoms with E-state index in [-0.39, 0.29) is 0 Å². The smallest absolute Gasteiger partial charge is 0.228 e. The van der Waals surface area contributed by atoms with Crippen molar-refractivity contribution in [2.45, 2.75) is 80.7 Å². The number of rotatable bonds is 7. The van der Waals surface area contributed by atoms with Crippen molar-refractivity contribution in [1.82, 2.24) is 0 Å². The van der Waals surface area contributed by atoms with Gasteiger partial charge in [0.15, 0.2) is 18.3 Å². The normalized spacial score (nSPS) is 48.8. The summed E-state index contributed by atoms with van der Waals surface area (Å²) >= 11 is 0. The molecule has 0 aliphatic carbocycles. The second kappa shape index (κ2) is 11.1. The summed E-state index contributed by atoms with van der Waals surface area (Å²) in [6, 6.07) is 0. The third-order valence-corrected chi connectivity index (χ3v) is 6.02. The van der Waals surface area contributed by atoms with E-state index in [1.807, 2.05) is 0 Å². The number of hydrogen-bond donors (Lipinski definition) is 8. The van der Waals surface area contributed by atoms with Gasteiger partial charge in [0.2, 0.25) is 6.29 Å². The van der Waals surface area contributed by atoms with Gasteiger partial charge in [0.1, 0.15) is 55.1 Å². The van der Waals surface area contributed by atoms with Crippen LogP contribution < -0.4 is 0 Å². The van der Waals surface area contributed by atoms with Crippen LogP contribution in [0.1, 0.15) is 6.92 Å². The topological polar surface area (TPSA) is 217 Å². The van der Waals surface area contributed by atoms with Gasteiger partial charge < -0.3 is 69.3 Å². The third kappa shape index (κ3) is 5.27. The van der Waals surface area contributed by atoms with Gasteiger partial charge in [0.25, 0.3) is 0 Å². The summed E-state index contributed by atoms with van der Waals surface area (Å²) in [6.45, 7) is 0.408. The predicted molar refractivity (Wildman–Crippen MR) is 103 cm³/mol. The average molecular weight is 484 g/mol. The van der Waals surface area contributed by atoms with E-state index in [2.05, 4.69) is 0 Å². The molecule has 33 heavy (non-hydrogen) atoms. The Labute approximate surface area is 189 Å². The molecule has 3 rings (SSSR count). The van der Waals surface area contributed by atoms with Crippen LogP contribution in [0.15, 0.2) is 12.0 Å². The van der Waals surface area contributed by atoms with Gasteiger partial charge >= 0.3 is 0 Å². The van der Waals surface area contributed by atoms with E-state index in [1.54, 1.807) is 6.92 Å². The molecule has 3 aliphatic heterocycles. The monoisotopic (exact) mass is 484 g/mol. The lowest BCUT2D eigenvalue weighted by atomic mass is 9.91. The maximum Gasteiger partial charge on any atom is 0.228 e. The molecule has 0 saturated carbocycles. The molecule has 0 aromatic carbocycles. The fourth-order valence-corrected chi connectivity index (χ4v) is 4.02. The zero-order chi connectivity index (χ0) is 24.4. The van der Waals surface area contributed by atoms with E-state index >= 15 is 0 Å². The number of aliphatic hydroxyl groups is 8. The highest BCUT2D eigenvalue weighted by Crippen LogP contribution is 2.34. The Balaban J connectivity index is 1.84. The summed E-state index contributed by atoms with van der Waals surface area (Å²) in [7, 11) is 1.37. The first-order valence-corrected chi connectivity index (χ1v) is 10.5. The average Bonchev–Trinajstić information content (AvgIpc) is 2.81. The Morgan fingerprint density at radius 3 is 1.97 bits per heavy atom. The maximum absolute atomic E-state index is 10.6. The highest BCUT2D eigenvalue weighted by Gasteiger charge is 2.52. The number of aliphatic hydroxyl groups excluding tert-OH is 8. The van der Waals surface area contributed by atoms with Crippen molar-refractivity contribution < 1.29 is 69.3 Å². The van der Waals surface area contributed by atoms with E-state index in [9.17, 15) is 40.9 Å². The molecule has 0 aromatic rings. The van der Waals surface area contributed by atoms with E-state index in [0.717, 1.165) is 6.26 Å². The SMILES string of the molecule is CO[C@@H]1OC(CO)[C@H](O)[C@H](O[C@@H]2OC(CO)[C@H](O)[C@H](O)C2O[C@@H]2OC=C(O)[C@H](O)C2O)C1C. The lowest BCUT2D eigenvalue weighted by molar-refractivity contribution is -0.371. The zero-order valence-electron chi connectivity index (χ0n) is 18.0. The summed E-state index contributed by atoms with van der Waals surface area (Å²) in [5, 5.41) is 80.1. The van der Waals surface area contributed by atoms with E-state index in [4.69, 9.17) is 28.4 Å². The van der Waals surface area contributed by atoms with Crippen LogP contribution in [0.4, 0.5) is 0 Å². The van der Waals surface area contributed by atoms with Crippen LogP contribution in [-0.4, -0.2) is 135 Å². The Morgan fingerprint density at radius 2 is 1.36 bits per heavy atom. The molecule has 2 saturated heterocycles. The fourth-order valence-electron chi connectivity index (χ4n) is 4.02. The maximum atomic E-state index is 10.6. The van der Waals surface area contributed by atoms with Gasteiger partial charge in [-0.1, -0.05) is 6.92 Å². The van der Waals surface area contributed by atoms with Gasteiger partial charge in [-0.15, -0.1) is 0 Å². The Kier molecular flexibility index (Phi) is 8.88. The Morgan fingerprint density at radius 1 is 0.788 bits per heavy atom. The van der Waals surface area contributed by atoms with Gasteiger partial charge in [0, 0.05) is 13.0 Å². The molecule has 0 radical (unpaired) electrons. The molecule has 3 aliphatic rings. The molecule has 0 aromatic heterocycles. The number of ether oxygens (including phenoxy) is 6. The minimum absolute atomic E-state index is 0.546. The third-order valence-electron chi connectivity index (χ3n) is 6.02. The first-order valence-electron chi connectivity index (χ1n) is 10.5. The molecular weight excluding hydrogens is 452 g/mol. The molecule has 14 nitrogen and oxygen atoms in total. The molecule has 14 heteroatoms. The Bertz CT molecular complexity index is 646. The van der Waals surface area contributed by atoms with E-state index < -0.39 is 98.7 Å². The van der Waals surface area contributed by atoms with Crippen molar-refractivity contribution in [3.8, 4) is 0 Å². The first kappa shape index (κ1) is 26.5. The first-order chi connectivity index (χ1) is 15.6. The van der Waals surface area contributed by atoms with Crippen LogP contribution in [-0.2, 0) is 28.4 Å². The molecule has 13 atom stereocenters. The molecule has 5 unspecified atom stereocenters. The van der Waals surface area contributed by atoms with Crippen molar-refractivity contribution in [1.29, 1.82) is 0 Å². The predicted octanol–water partition coefficient (Wildman–Crippen LogP) is -3.97. The quantitative estimate of drug-likeness (QED) is 0.173. The minimum Gasteiger partial charge on any atom is -0.506 e. The van der Waals surface area contributed by atoms with Gasteiger partial charge in [0.05, 0.1) is 19.3 Å². The van der Waals surface area contributed by atoms with Gasteiger partial charge in [-0.3, -0.25) is 0 Å². The molecule has 8 N–H and O–H groups in total. The summed E-state index contributed by atoms with van der Waals surface area (Å²) < 4.78 is 32.8. The highest BCUT2D eigenvalue weighted by atomic mass is 16.8. The van der Waals surface area contributed by atoms with Crippen LogP contribution in [0.3, 0.4) is 0 Å². The summed E-state index contributed by atoms with van der Waals surface area (Å²) in [5.74, 6) is -1.25. The highest BCUT2D eigenvalue weighted by molar-refractivity contribution is 5.02. The van der Waals surface area contributed by atoms with Crippen LogP contribution in [0.5, 0.6) is 0 Å². The largest absolute Gasteiger partial charge is 0.506 e. The summed E-state index contributed by atoms with van der Waals surface area (Å²) in [4.78, 5) is 0. The minimum atomic E-state index is -1.76. The molecular formula is C19H32O14. The lowest BCUT2D eigenvalue weighted by Gasteiger charge is -2.48. The van der Waals surface area contributed by atoms with E-state index in [1.165, 1.54) is 7.11 Å². The number of methoxy groups -OCH3 is 1. The van der Waals surface area contributed by atoms with Gasteiger partial charge in [-0.25, -0.2) is 0 Å². The lowest BCUT2D eigenvalue weighted by Crippen LogP contribution is -2.64. The second-order valence-electron chi connectivity index (χ2n) is 8.20. The van der Waals surface area contributed by atoms with Gasteiger partial charge in [-0.05, 0) is 0 Å². The molecule has 0 amide bonds. The number of hydrogen-bond acceptors (Lipinski definition) is 14. The molecule has 0 spiro atoms. The van der Waals surface area contributed by atoms with Crippen molar-refractivity contribution >= 4 is 0 Å². The van der Waals surface area contributed by atoms with Crippen molar-refractivity contribution in [2.75, 3.05) is 20.3 Å². The van der Waals surface area contributed by atoms with E-state index in [0.29, 0.717) is 0 Å². The standard InChI is InChI=1S/C19H32O14/c1-6-15(12(25)9(4-21)30-17(6)28-2)32-19-16(13(26)11(24)8(3-20)31-19)33-18-14(27)10(23)7(22)5-29-18/h5-6,8-27H,3-4H2,1-2H3/t6?,8?,9?,10-,11-,12-,13-,14?,15+,16?,17+,18-,19-/m0/s1. The molecule has 192 valence electrons. The van der Waals surface area contributed by atoms with Crippen molar-refractivity contribution in [2.24, 2.45) is 5.92 Å². The Hall–Kier alpha value is -1.14. The van der Waals surface area contributed by atoms with Crippen LogP contribution in [0.25, 0.3) is 0 Å². The van der Waals surface area contributed by atoms with Crippen LogP contribution in [0, 0.1) is 5.92 Å². The summed E-state index contributed by atoms with van der Waals surface area (Å²) in [6.07, 6.45) is -16.4. The molecule has 0 bridgehead atoms. The van der Waals surface area contributed by atoms with Gasteiger partial charge in [-0.2, -0.15) is 0 Å². The van der Waals surface area contributed by atoms with Crippen LogP contribution >= 0.6 is 0 Å².